The van der Waals surface area contributed by atoms with Crippen molar-refractivity contribution in [3.05, 3.63) is 29.3 Å². The summed E-state index contributed by atoms with van der Waals surface area (Å²) >= 11 is 12.5. The van der Waals surface area contributed by atoms with Gasteiger partial charge in [-0.2, -0.15) is 12.6 Å². The zero-order chi connectivity index (χ0) is 12.1. The summed E-state index contributed by atoms with van der Waals surface area (Å²) in [5.74, 6) is 2.19. The Hall–Kier alpha value is 0.210. The molecule has 0 spiro atoms. The molecule has 1 fully saturated rings. The zero-order valence-electron chi connectivity index (χ0n) is 9.99. The maximum Gasteiger partial charge on any atom is 0.0417 e. The quantitative estimate of drug-likeness (QED) is 0.578. The second kappa shape index (κ2) is 6.40. The van der Waals surface area contributed by atoms with Crippen molar-refractivity contribution >= 4 is 36.0 Å². The summed E-state index contributed by atoms with van der Waals surface area (Å²) in [6.45, 7) is 0. The molecule has 3 heteroatoms. The van der Waals surface area contributed by atoms with Crippen molar-refractivity contribution in [2.75, 3.05) is 11.5 Å². The van der Waals surface area contributed by atoms with Crippen LogP contribution in [-0.4, -0.2) is 11.5 Å². The number of thioether (sulfide) groups is 1. The fourth-order valence-electron chi connectivity index (χ4n) is 2.44. The SMILES string of the molecule is SCC1(CSc2cccc(Cl)c2)CCCCC1. The molecule has 17 heavy (non-hydrogen) atoms. The maximum absolute atomic E-state index is 6.01. The van der Waals surface area contributed by atoms with E-state index in [9.17, 15) is 0 Å². The Kier molecular flexibility index (Phi) is 5.13. The summed E-state index contributed by atoms with van der Waals surface area (Å²) < 4.78 is 0. The van der Waals surface area contributed by atoms with Crippen molar-refractivity contribution in [2.24, 2.45) is 5.41 Å². The smallest absolute Gasteiger partial charge is 0.0417 e. The van der Waals surface area contributed by atoms with Crippen molar-refractivity contribution < 1.29 is 0 Å². The van der Waals surface area contributed by atoms with Crippen LogP contribution < -0.4 is 0 Å². The molecule has 1 aromatic rings. The van der Waals surface area contributed by atoms with E-state index in [0.717, 1.165) is 10.8 Å². The van der Waals surface area contributed by atoms with Crippen molar-refractivity contribution in [3.8, 4) is 0 Å². The van der Waals surface area contributed by atoms with E-state index in [-0.39, 0.29) is 0 Å². The first-order chi connectivity index (χ1) is 8.24. The van der Waals surface area contributed by atoms with Crippen LogP contribution in [0.15, 0.2) is 29.2 Å². The molecule has 2 rings (SSSR count). The van der Waals surface area contributed by atoms with E-state index in [4.69, 9.17) is 11.6 Å². The van der Waals surface area contributed by atoms with Crippen LogP contribution in [0.2, 0.25) is 5.02 Å². The molecule has 0 heterocycles. The van der Waals surface area contributed by atoms with Gasteiger partial charge in [0.1, 0.15) is 0 Å². The lowest BCUT2D eigenvalue weighted by atomic mass is 9.77. The van der Waals surface area contributed by atoms with E-state index in [1.807, 2.05) is 23.9 Å². The number of benzene rings is 1. The lowest BCUT2D eigenvalue weighted by molar-refractivity contribution is 0.259. The first-order valence-electron chi connectivity index (χ1n) is 6.23. The summed E-state index contributed by atoms with van der Waals surface area (Å²) in [4.78, 5) is 1.28. The molecule has 0 unspecified atom stereocenters. The first-order valence-corrected chi connectivity index (χ1v) is 8.23. The second-order valence-electron chi connectivity index (χ2n) is 4.96. The molecule has 0 bridgehead atoms. The van der Waals surface area contributed by atoms with Crippen molar-refractivity contribution in [1.29, 1.82) is 0 Å². The fourth-order valence-corrected chi connectivity index (χ4v) is 4.53. The summed E-state index contributed by atoms with van der Waals surface area (Å²) in [5.41, 5.74) is 0.453. The Morgan fingerprint density at radius 3 is 2.65 bits per heavy atom. The Bertz CT molecular complexity index is 359. The molecular formula is C14H19ClS2. The van der Waals surface area contributed by atoms with Gasteiger partial charge in [0.05, 0.1) is 0 Å². The Labute approximate surface area is 119 Å². The third-order valence-electron chi connectivity index (χ3n) is 3.59. The van der Waals surface area contributed by atoms with Gasteiger partial charge in [-0.3, -0.25) is 0 Å². The maximum atomic E-state index is 6.01. The molecule has 0 aliphatic heterocycles. The van der Waals surface area contributed by atoms with Gasteiger partial charge < -0.3 is 0 Å². The second-order valence-corrected chi connectivity index (χ2v) is 6.77. The molecule has 94 valence electrons. The van der Waals surface area contributed by atoms with Crippen LogP contribution >= 0.6 is 36.0 Å². The van der Waals surface area contributed by atoms with Crippen LogP contribution in [0.1, 0.15) is 32.1 Å². The standard InChI is InChI=1S/C14H19ClS2/c15-12-5-4-6-13(9-12)17-11-14(10-16)7-2-1-3-8-14/h4-6,9,16H,1-3,7-8,10-11H2. The Balaban J connectivity index is 1.95. The lowest BCUT2D eigenvalue weighted by Crippen LogP contribution is -2.28. The highest BCUT2D eigenvalue weighted by atomic mass is 35.5. The van der Waals surface area contributed by atoms with Gasteiger partial charge in [0, 0.05) is 15.7 Å². The van der Waals surface area contributed by atoms with E-state index in [0.29, 0.717) is 5.41 Å². The average molecular weight is 287 g/mol. The summed E-state index contributed by atoms with van der Waals surface area (Å²) in [6, 6.07) is 8.16. The molecule has 0 atom stereocenters. The Morgan fingerprint density at radius 2 is 2.00 bits per heavy atom. The fraction of sp³-hybridized carbons (Fsp3) is 0.571. The third-order valence-corrected chi connectivity index (χ3v) is 5.84. The number of hydrogen-bond acceptors (Lipinski definition) is 2. The molecule has 1 aliphatic rings. The lowest BCUT2D eigenvalue weighted by Gasteiger charge is -2.35. The highest BCUT2D eigenvalue weighted by Crippen LogP contribution is 2.41. The topological polar surface area (TPSA) is 0 Å². The Morgan fingerprint density at radius 1 is 1.24 bits per heavy atom. The van der Waals surface area contributed by atoms with Crippen LogP contribution in [0.25, 0.3) is 0 Å². The molecule has 0 saturated heterocycles. The minimum Gasteiger partial charge on any atom is -0.179 e. The highest BCUT2D eigenvalue weighted by molar-refractivity contribution is 7.99. The van der Waals surface area contributed by atoms with E-state index in [1.54, 1.807) is 0 Å². The van der Waals surface area contributed by atoms with E-state index < -0.39 is 0 Å². The molecule has 1 aromatic carbocycles. The predicted molar refractivity (Wildman–Crippen MR) is 81.5 cm³/mol. The van der Waals surface area contributed by atoms with Crippen LogP contribution in [-0.2, 0) is 0 Å². The van der Waals surface area contributed by atoms with Gasteiger partial charge in [-0.15, -0.1) is 11.8 Å². The number of thiol groups is 1. The zero-order valence-corrected chi connectivity index (χ0v) is 12.5. The van der Waals surface area contributed by atoms with Crippen molar-refractivity contribution in [2.45, 2.75) is 37.0 Å². The number of rotatable bonds is 4. The van der Waals surface area contributed by atoms with Crippen LogP contribution in [0.5, 0.6) is 0 Å². The van der Waals surface area contributed by atoms with Gasteiger partial charge in [0.15, 0.2) is 0 Å². The molecule has 0 nitrogen and oxygen atoms in total. The normalized spacial score (nSPS) is 19.2. The monoisotopic (exact) mass is 286 g/mol. The van der Waals surface area contributed by atoms with Crippen molar-refractivity contribution in [1.82, 2.24) is 0 Å². The third kappa shape index (κ3) is 3.84. The largest absolute Gasteiger partial charge is 0.179 e. The predicted octanol–water partition coefficient (Wildman–Crippen LogP) is 5.31. The molecule has 0 radical (unpaired) electrons. The molecule has 0 aromatic heterocycles. The van der Waals surface area contributed by atoms with Crippen molar-refractivity contribution in [3.63, 3.8) is 0 Å². The van der Waals surface area contributed by atoms with Gasteiger partial charge in [-0.1, -0.05) is 36.9 Å². The van der Waals surface area contributed by atoms with Crippen LogP contribution in [0.3, 0.4) is 0 Å². The van der Waals surface area contributed by atoms with Crippen LogP contribution in [0.4, 0.5) is 0 Å². The average Bonchev–Trinajstić information content (AvgIpc) is 2.38. The molecule has 0 amide bonds. The summed E-state index contributed by atoms with van der Waals surface area (Å²) in [6.07, 6.45) is 6.82. The molecular weight excluding hydrogens is 268 g/mol. The van der Waals surface area contributed by atoms with E-state index >= 15 is 0 Å². The van der Waals surface area contributed by atoms with Gasteiger partial charge in [0.25, 0.3) is 0 Å². The first kappa shape index (κ1) is 13.6. The minimum atomic E-state index is 0.453. The number of halogens is 1. The van der Waals surface area contributed by atoms with Gasteiger partial charge in [-0.05, 0) is 42.2 Å². The summed E-state index contributed by atoms with van der Waals surface area (Å²) in [7, 11) is 0. The van der Waals surface area contributed by atoms with Crippen LogP contribution in [0, 0.1) is 5.41 Å². The molecule has 1 aliphatic carbocycles. The summed E-state index contributed by atoms with van der Waals surface area (Å²) in [5, 5.41) is 0.832. The minimum absolute atomic E-state index is 0.453. The van der Waals surface area contributed by atoms with Gasteiger partial charge >= 0.3 is 0 Å². The van der Waals surface area contributed by atoms with Gasteiger partial charge in [0.2, 0.25) is 0 Å². The highest BCUT2D eigenvalue weighted by Gasteiger charge is 2.30. The molecule has 1 saturated carbocycles. The molecule has 0 N–H and O–H groups in total. The number of hydrogen-bond donors (Lipinski definition) is 1. The van der Waals surface area contributed by atoms with E-state index in [1.165, 1.54) is 42.8 Å². The van der Waals surface area contributed by atoms with Gasteiger partial charge in [-0.25, -0.2) is 0 Å². The van der Waals surface area contributed by atoms with E-state index in [2.05, 4.69) is 24.8 Å².